The first-order chi connectivity index (χ1) is 8.88. The van der Waals surface area contributed by atoms with E-state index in [1.54, 1.807) is 24.3 Å². The van der Waals surface area contributed by atoms with Gasteiger partial charge in [-0.3, -0.25) is 9.59 Å². The largest absolute Gasteiger partial charge is 0.481 e. The topological polar surface area (TPSA) is 92.4 Å². The van der Waals surface area contributed by atoms with Crippen LogP contribution >= 0.6 is 0 Å². The van der Waals surface area contributed by atoms with E-state index in [9.17, 15) is 9.59 Å². The summed E-state index contributed by atoms with van der Waals surface area (Å²) in [7, 11) is 0. The summed E-state index contributed by atoms with van der Waals surface area (Å²) in [6.45, 7) is 4.00. The van der Waals surface area contributed by atoms with Crippen molar-refractivity contribution in [3.8, 4) is 0 Å². The number of rotatable bonds is 6. The Labute approximate surface area is 112 Å². The van der Waals surface area contributed by atoms with Crippen molar-refractivity contribution >= 4 is 17.6 Å². The Bertz CT molecular complexity index is 458. The molecular weight excluding hydrogens is 244 g/mol. The number of anilines is 1. The van der Waals surface area contributed by atoms with Crippen LogP contribution in [-0.2, 0) is 16.0 Å². The molecule has 4 N–H and O–H groups in total. The molecule has 104 valence electrons. The van der Waals surface area contributed by atoms with Crippen molar-refractivity contribution in [3.63, 3.8) is 0 Å². The van der Waals surface area contributed by atoms with E-state index in [0.29, 0.717) is 23.6 Å². The molecule has 0 radical (unpaired) electrons. The smallest absolute Gasteiger partial charge is 0.307 e. The Morgan fingerprint density at radius 3 is 2.63 bits per heavy atom. The van der Waals surface area contributed by atoms with Crippen LogP contribution in [0.15, 0.2) is 24.3 Å². The lowest BCUT2D eigenvalue weighted by molar-refractivity contribution is -0.136. The molecule has 0 spiro atoms. The summed E-state index contributed by atoms with van der Waals surface area (Å²) in [4.78, 5) is 22.5. The van der Waals surface area contributed by atoms with E-state index >= 15 is 0 Å². The van der Waals surface area contributed by atoms with Crippen molar-refractivity contribution in [1.29, 1.82) is 0 Å². The number of carbonyl (C=O) groups is 2. The van der Waals surface area contributed by atoms with E-state index < -0.39 is 12.0 Å². The molecule has 0 aromatic heterocycles. The van der Waals surface area contributed by atoms with Gasteiger partial charge in [-0.15, -0.1) is 0 Å². The number of nitrogens with two attached hydrogens (primary N) is 1. The summed E-state index contributed by atoms with van der Waals surface area (Å²) in [5.74, 6) is -0.805. The second kappa shape index (κ2) is 6.89. The lowest BCUT2D eigenvalue weighted by Gasteiger charge is -2.14. The number of hydrogen-bond donors (Lipinski definition) is 3. The monoisotopic (exact) mass is 264 g/mol. The van der Waals surface area contributed by atoms with Crippen molar-refractivity contribution in [2.24, 2.45) is 11.7 Å². The minimum absolute atomic E-state index is 0.0677. The van der Waals surface area contributed by atoms with Gasteiger partial charge in [0.1, 0.15) is 0 Å². The van der Waals surface area contributed by atoms with Gasteiger partial charge in [0, 0.05) is 5.69 Å². The first kappa shape index (κ1) is 15.2. The first-order valence-corrected chi connectivity index (χ1v) is 6.25. The molecule has 0 fully saturated rings. The Balaban J connectivity index is 2.66. The maximum atomic E-state index is 11.8. The molecule has 5 heteroatoms. The molecule has 0 heterocycles. The molecule has 0 saturated carbocycles. The van der Waals surface area contributed by atoms with E-state index in [1.165, 1.54) is 0 Å². The van der Waals surface area contributed by atoms with Gasteiger partial charge in [0.15, 0.2) is 0 Å². The molecule has 1 unspecified atom stereocenters. The number of nitrogens with one attached hydrogen (secondary N) is 1. The third-order valence-corrected chi connectivity index (χ3v) is 2.61. The molecule has 0 aliphatic heterocycles. The Morgan fingerprint density at radius 1 is 1.37 bits per heavy atom. The molecule has 1 rings (SSSR count). The maximum absolute atomic E-state index is 11.8. The van der Waals surface area contributed by atoms with Gasteiger partial charge in [0.25, 0.3) is 0 Å². The van der Waals surface area contributed by atoms with Crippen LogP contribution in [-0.4, -0.2) is 23.0 Å². The average Bonchev–Trinajstić information content (AvgIpc) is 2.27. The van der Waals surface area contributed by atoms with Crippen LogP contribution in [0.5, 0.6) is 0 Å². The summed E-state index contributed by atoms with van der Waals surface area (Å²) >= 11 is 0. The van der Waals surface area contributed by atoms with E-state index in [1.807, 2.05) is 13.8 Å². The second-order valence-electron chi connectivity index (χ2n) is 5.00. The molecule has 0 aliphatic carbocycles. The van der Waals surface area contributed by atoms with E-state index in [2.05, 4.69) is 5.32 Å². The average molecular weight is 264 g/mol. The number of hydrogen-bond acceptors (Lipinski definition) is 3. The zero-order valence-electron chi connectivity index (χ0n) is 11.2. The summed E-state index contributed by atoms with van der Waals surface area (Å²) in [6.07, 6.45) is 0.544. The molecular formula is C14H20N2O3. The molecule has 0 saturated heterocycles. The summed E-state index contributed by atoms with van der Waals surface area (Å²) < 4.78 is 0. The van der Waals surface area contributed by atoms with E-state index in [4.69, 9.17) is 10.8 Å². The van der Waals surface area contributed by atoms with Crippen LogP contribution in [0.4, 0.5) is 5.69 Å². The second-order valence-corrected chi connectivity index (χ2v) is 5.00. The number of carbonyl (C=O) groups excluding carboxylic acids is 1. The summed E-state index contributed by atoms with van der Waals surface area (Å²) in [5, 5.41) is 11.4. The van der Waals surface area contributed by atoms with E-state index in [0.717, 1.165) is 0 Å². The maximum Gasteiger partial charge on any atom is 0.307 e. The van der Waals surface area contributed by atoms with Gasteiger partial charge in [-0.2, -0.15) is 0 Å². The van der Waals surface area contributed by atoms with Gasteiger partial charge in [-0.25, -0.2) is 0 Å². The lowest BCUT2D eigenvalue weighted by Crippen LogP contribution is -2.36. The Morgan fingerprint density at radius 2 is 2.05 bits per heavy atom. The van der Waals surface area contributed by atoms with Gasteiger partial charge in [0.2, 0.25) is 5.91 Å². The van der Waals surface area contributed by atoms with Crippen LogP contribution in [0, 0.1) is 5.92 Å². The fourth-order valence-corrected chi connectivity index (χ4v) is 1.78. The zero-order valence-corrected chi connectivity index (χ0v) is 11.2. The van der Waals surface area contributed by atoms with Gasteiger partial charge < -0.3 is 16.2 Å². The molecule has 1 amide bonds. The Kier molecular flexibility index (Phi) is 5.51. The molecule has 5 nitrogen and oxygen atoms in total. The van der Waals surface area contributed by atoms with Crippen LogP contribution in [0.25, 0.3) is 0 Å². The number of carboxylic acids is 1. The normalized spacial score (nSPS) is 12.2. The van der Waals surface area contributed by atoms with Crippen LogP contribution < -0.4 is 11.1 Å². The number of amides is 1. The quantitative estimate of drug-likeness (QED) is 0.728. The minimum atomic E-state index is -0.903. The molecule has 0 aliphatic rings. The van der Waals surface area contributed by atoms with Crippen LogP contribution in [0.2, 0.25) is 0 Å². The fraction of sp³-hybridized carbons (Fsp3) is 0.429. The Hall–Kier alpha value is -1.88. The number of benzene rings is 1. The highest BCUT2D eigenvalue weighted by atomic mass is 16.4. The van der Waals surface area contributed by atoms with Crippen molar-refractivity contribution in [3.05, 3.63) is 29.8 Å². The summed E-state index contributed by atoms with van der Waals surface area (Å²) in [5.41, 5.74) is 6.99. The van der Waals surface area contributed by atoms with Gasteiger partial charge in [-0.1, -0.05) is 26.0 Å². The van der Waals surface area contributed by atoms with Gasteiger partial charge >= 0.3 is 5.97 Å². The van der Waals surface area contributed by atoms with Crippen molar-refractivity contribution < 1.29 is 14.7 Å². The predicted octanol–water partition coefficient (Wildman–Crippen LogP) is 1.63. The first-order valence-electron chi connectivity index (χ1n) is 6.25. The van der Waals surface area contributed by atoms with Crippen LogP contribution in [0.1, 0.15) is 25.8 Å². The molecule has 1 aromatic carbocycles. The zero-order chi connectivity index (χ0) is 14.4. The minimum Gasteiger partial charge on any atom is -0.481 e. The third kappa shape index (κ3) is 5.52. The molecule has 19 heavy (non-hydrogen) atoms. The SMILES string of the molecule is CC(C)CC(N)C(=O)Nc1cccc(CC(=O)O)c1. The predicted molar refractivity (Wildman–Crippen MR) is 73.8 cm³/mol. The van der Waals surface area contributed by atoms with E-state index in [-0.39, 0.29) is 12.3 Å². The molecule has 1 atom stereocenters. The number of carboxylic acid groups (broad SMARTS) is 1. The highest BCUT2D eigenvalue weighted by Crippen LogP contribution is 2.12. The summed E-state index contributed by atoms with van der Waals surface area (Å²) in [6, 6.07) is 6.22. The van der Waals surface area contributed by atoms with Crippen molar-refractivity contribution in [1.82, 2.24) is 0 Å². The van der Waals surface area contributed by atoms with Gasteiger partial charge in [0.05, 0.1) is 12.5 Å². The van der Waals surface area contributed by atoms with Crippen molar-refractivity contribution in [2.45, 2.75) is 32.7 Å². The number of aliphatic carboxylic acids is 1. The van der Waals surface area contributed by atoms with Crippen LogP contribution in [0.3, 0.4) is 0 Å². The van der Waals surface area contributed by atoms with Gasteiger partial charge in [-0.05, 0) is 30.0 Å². The standard InChI is InChI=1S/C14H20N2O3/c1-9(2)6-12(15)14(19)16-11-5-3-4-10(7-11)8-13(17)18/h3-5,7,9,12H,6,8,15H2,1-2H3,(H,16,19)(H,17,18). The fourth-order valence-electron chi connectivity index (χ4n) is 1.78. The third-order valence-electron chi connectivity index (χ3n) is 2.61. The molecule has 1 aromatic rings. The highest BCUT2D eigenvalue weighted by molar-refractivity contribution is 5.94. The molecule has 0 bridgehead atoms. The highest BCUT2D eigenvalue weighted by Gasteiger charge is 2.15. The lowest BCUT2D eigenvalue weighted by atomic mass is 10.0. The van der Waals surface area contributed by atoms with Crippen molar-refractivity contribution in [2.75, 3.05) is 5.32 Å².